The Bertz CT molecular complexity index is 2380. The van der Waals surface area contributed by atoms with Crippen LogP contribution in [0.1, 0.15) is 13.8 Å². The van der Waals surface area contributed by atoms with Crippen LogP contribution in [-0.2, 0) is 80.6 Å². The first kappa shape index (κ1) is 78.1. The van der Waals surface area contributed by atoms with Gasteiger partial charge in [0.05, 0.1) is 52.9 Å². The maximum absolute atomic E-state index is 12.8. The first-order valence-electron chi connectivity index (χ1n) is 30.1. The Morgan fingerprint density at radius 1 is 0.274 bits per heavy atom. The van der Waals surface area contributed by atoms with Crippen LogP contribution >= 0.6 is 0 Å². The number of hydrogen-bond acceptors (Lipinski definition) is 41. The molecular formula is C52H88N2O41. The number of rotatable bonds is 24. The summed E-state index contributed by atoms with van der Waals surface area (Å²) >= 11 is 0. The van der Waals surface area contributed by atoms with E-state index in [9.17, 15) is 132 Å². The largest absolute Gasteiger partial charge is 0.394 e. The Morgan fingerprint density at radius 3 is 1.02 bits per heavy atom. The third-order valence-electron chi connectivity index (χ3n) is 17.4. The second-order valence-corrected chi connectivity index (χ2v) is 23.9. The predicted molar refractivity (Wildman–Crippen MR) is 288 cm³/mol. The molecule has 0 aromatic rings. The molecular weight excluding hydrogens is 1310 g/mol. The molecule has 0 spiro atoms. The van der Waals surface area contributed by atoms with E-state index in [4.69, 9.17) is 71.1 Å². The Kier molecular flexibility index (Phi) is 27.9. The molecule has 0 saturated carbocycles. The third kappa shape index (κ3) is 17.0. The fraction of sp³-hybridized carbons (Fsp3) is 0.962. The van der Waals surface area contributed by atoms with E-state index in [1.54, 1.807) is 0 Å². The average molecular weight is 1400 g/mol. The van der Waals surface area contributed by atoms with Crippen LogP contribution < -0.4 is 10.6 Å². The highest BCUT2D eigenvalue weighted by Crippen LogP contribution is 2.38. The summed E-state index contributed by atoms with van der Waals surface area (Å²) in [5, 5.41) is 266. The molecule has 0 bridgehead atoms. The standard InChI is InChI=1S/C52H88N2O41/c1-11(61)53-21-29(69)40(17(7-59)83-45(21)80)91-46-22(54-12(2)62)30(70)41(18(8-60)88-46)92-51-39(79)43(94-52-44(34(74)26(66)16(6-58)87-52)95-50-37(77)33(73)25(65)15(5-57)86-50)28(68)20(90-51)10-82-48-38(78)42(93-49-36(76)32(72)24(64)14(4-56)85-49)27(67)19(89-48)9-81-47-35(75)31(71)23(63)13(3-55)84-47/h13-52,55-60,63-80H,3-10H2,1-2H3,(H,53,61)(H,54,62)/t13-,14-,15-,16-,17+,18+,19-,20+,21-,22-,23+,24+,25+,26+,27+,28-,29-,30-,31-,32-,33-,34-,35-,36-,37-,38-,39+,40+,41+,42-,43-,44-,45+,46-,47-,48-,49+,50+,51+,52+/m0/s1. The van der Waals surface area contributed by atoms with Crippen LogP contribution in [0.4, 0.5) is 0 Å². The smallest absolute Gasteiger partial charge is 0.217 e. The number of nitrogens with one attached hydrogen (secondary N) is 2. The van der Waals surface area contributed by atoms with E-state index < -0.39 is 310 Å². The molecule has 8 saturated heterocycles. The summed E-state index contributed by atoms with van der Waals surface area (Å²) in [6.45, 7) is -6.26. The van der Waals surface area contributed by atoms with Crippen molar-refractivity contribution in [1.29, 1.82) is 0 Å². The third-order valence-corrected chi connectivity index (χ3v) is 17.4. The normalized spacial score (nSPS) is 50.8. The highest BCUT2D eigenvalue weighted by molar-refractivity contribution is 5.73. The van der Waals surface area contributed by atoms with Crippen molar-refractivity contribution < 1.29 is 203 Å². The molecule has 43 heteroatoms. The topological polar surface area (TPSA) is 682 Å². The molecule has 0 unspecified atom stereocenters. The van der Waals surface area contributed by atoms with Gasteiger partial charge >= 0.3 is 0 Å². The van der Waals surface area contributed by atoms with Crippen molar-refractivity contribution in [2.24, 2.45) is 0 Å². The lowest BCUT2D eigenvalue weighted by atomic mass is 9.94. The van der Waals surface area contributed by atoms with Gasteiger partial charge in [-0.1, -0.05) is 0 Å². The van der Waals surface area contributed by atoms with Crippen LogP contribution in [-0.4, -0.2) is 433 Å². The van der Waals surface area contributed by atoms with Gasteiger partial charge < -0.3 is 204 Å². The van der Waals surface area contributed by atoms with E-state index in [-0.39, 0.29) is 0 Å². The van der Waals surface area contributed by atoms with Crippen LogP contribution in [0, 0.1) is 0 Å². The molecule has 0 aromatic carbocycles. The van der Waals surface area contributed by atoms with E-state index in [2.05, 4.69) is 10.6 Å². The maximum Gasteiger partial charge on any atom is 0.217 e. The van der Waals surface area contributed by atoms with Crippen LogP contribution in [0.15, 0.2) is 0 Å². The number of ether oxygens (including phenoxy) is 15. The number of amides is 2. The maximum atomic E-state index is 12.8. The molecule has 2 amide bonds. The van der Waals surface area contributed by atoms with Crippen molar-refractivity contribution >= 4 is 11.8 Å². The zero-order valence-electron chi connectivity index (χ0n) is 50.4. The molecule has 95 heavy (non-hydrogen) atoms. The zero-order chi connectivity index (χ0) is 69.9. The SMILES string of the molecule is CC(=O)N[C@@H]1[C@H](O[C@H]2[C@@H](O)[C@H](NC(C)=O)[C@H](O)O[C@@H]2CO)O[C@H](CO)[C@@H](O[C@H]2O[C@H](CO[C@H]3O[C@@H](CO[C@H]4O[C@@H](CO)[C@@H](O)[C@H](O)[C@@H]4O)[C@@H](O)[C@H](O[C@H]4O[C@@H](CO)[C@@H](O)[C@H](O)[C@@H]4O)[C@@H]3O)[C@H](O)[C@H](O[C@H]3O[C@@H](CO)[C@@H](O)[C@H](O)[C@@H]3O[C@H]3O[C@@H](CO)[C@@H](O)[C@H](O)[C@@H]3O)[C@H]2O)[C@H]1O. The first-order valence-corrected chi connectivity index (χ1v) is 30.1. The van der Waals surface area contributed by atoms with Gasteiger partial charge in [-0.05, 0) is 0 Å². The summed E-state index contributed by atoms with van der Waals surface area (Å²) in [6, 6.07) is -3.49. The van der Waals surface area contributed by atoms with Gasteiger partial charge in [-0.3, -0.25) is 9.59 Å². The lowest BCUT2D eigenvalue weighted by molar-refractivity contribution is -0.399. The summed E-state index contributed by atoms with van der Waals surface area (Å²) in [5.74, 6) is -1.68. The second-order valence-electron chi connectivity index (χ2n) is 23.9. The molecule has 8 heterocycles. The fourth-order valence-corrected chi connectivity index (χ4v) is 12.1. The van der Waals surface area contributed by atoms with Crippen molar-refractivity contribution in [2.45, 2.75) is 259 Å². The monoisotopic (exact) mass is 1400 g/mol. The molecule has 0 radical (unpaired) electrons. The van der Waals surface area contributed by atoms with E-state index in [0.717, 1.165) is 13.8 Å². The highest BCUT2D eigenvalue weighted by atomic mass is 16.8. The van der Waals surface area contributed by atoms with E-state index in [0.29, 0.717) is 0 Å². The van der Waals surface area contributed by atoms with E-state index in [1.165, 1.54) is 0 Å². The Balaban J connectivity index is 1.12. The number of carbonyl (C=O) groups is 2. The van der Waals surface area contributed by atoms with E-state index >= 15 is 0 Å². The summed E-state index contributed by atoms with van der Waals surface area (Å²) in [4.78, 5) is 24.9. The summed E-state index contributed by atoms with van der Waals surface area (Å²) < 4.78 is 86.6. The predicted octanol–water partition coefficient (Wildman–Crippen LogP) is -18.2. The molecule has 43 nitrogen and oxygen atoms in total. The second kappa shape index (κ2) is 33.9. The van der Waals surface area contributed by atoms with Crippen molar-refractivity contribution in [1.82, 2.24) is 10.6 Å². The average Bonchev–Trinajstić information content (AvgIpc) is 0.778. The van der Waals surface area contributed by atoms with Crippen molar-refractivity contribution in [3.63, 3.8) is 0 Å². The summed E-state index contributed by atoms with van der Waals surface area (Å²) in [6.07, 6.45) is -77.9. The molecule has 8 aliphatic rings. The van der Waals surface area contributed by atoms with Gasteiger partial charge in [0.25, 0.3) is 0 Å². The van der Waals surface area contributed by atoms with Gasteiger partial charge in [0.15, 0.2) is 50.3 Å². The number of hydrogen-bond donors (Lipinski definition) is 26. The van der Waals surface area contributed by atoms with E-state index in [1.807, 2.05) is 0 Å². The van der Waals surface area contributed by atoms with Crippen molar-refractivity contribution in [2.75, 3.05) is 52.9 Å². The molecule has 26 N–H and O–H groups in total. The number of aliphatic hydroxyl groups excluding tert-OH is 24. The molecule has 40 atom stereocenters. The van der Waals surface area contributed by atoms with Crippen molar-refractivity contribution in [3.05, 3.63) is 0 Å². The van der Waals surface area contributed by atoms with Crippen LogP contribution in [0.25, 0.3) is 0 Å². The first-order chi connectivity index (χ1) is 44.9. The Morgan fingerprint density at radius 2 is 0.568 bits per heavy atom. The minimum absolute atomic E-state index is 0.766. The lowest BCUT2D eigenvalue weighted by Gasteiger charge is -2.50. The number of aliphatic hydroxyl groups is 24. The van der Waals surface area contributed by atoms with Gasteiger partial charge in [0, 0.05) is 13.8 Å². The molecule has 552 valence electrons. The van der Waals surface area contributed by atoms with Crippen molar-refractivity contribution in [3.8, 4) is 0 Å². The molecule has 0 aromatic heterocycles. The van der Waals surface area contributed by atoms with Gasteiger partial charge in [-0.15, -0.1) is 0 Å². The van der Waals surface area contributed by atoms with Crippen LogP contribution in [0.5, 0.6) is 0 Å². The fourth-order valence-electron chi connectivity index (χ4n) is 12.1. The van der Waals surface area contributed by atoms with Crippen LogP contribution in [0.2, 0.25) is 0 Å². The lowest BCUT2D eigenvalue weighted by Crippen LogP contribution is -2.70. The molecule has 8 fully saturated rings. The molecule has 8 aliphatic heterocycles. The zero-order valence-corrected chi connectivity index (χ0v) is 50.4. The minimum Gasteiger partial charge on any atom is -0.394 e. The van der Waals surface area contributed by atoms with Gasteiger partial charge in [-0.25, -0.2) is 0 Å². The number of carbonyl (C=O) groups excluding carboxylic acids is 2. The van der Waals surface area contributed by atoms with Gasteiger partial charge in [0.2, 0.25) is 11.8 Å². The summed E-state index contributed by atoms with van der Waals surface area (Å²) in [7, 11) is 0. The van der Waals surface area contributed by atoms with Gasteiger partial charge in [-0.2, -0.15) is 0 Å². The Hall–Kier alpha value is -2.62. The highest BCUT2D eigenvalue weighted by Gasteiger charge is 2.59. The molecule has 0 aliphatic carbocycles. The quantitative estimate of drug-likeness (QED) is 0.0427. The Labute approximate surface area is 536 Å². The minimum atomic E-state index is -2.49. The van der Waals surface area contributed by atoms with Crippen LogP contribution in [0.3, 0.4) is 0 Å². The molecule has 8 rings (SSSR count). The summed E-state index contributed by atoms with van der Waals surface area (Å²) in [5.41, 5.74) is 0. The van der Waals surface area contributed by atoms with Gasteiger partial charge in [0.1, 0.15) is 195 Å².